The van der Waals surface area contributed by atoms with E-state index in [1.807, 2.05) is 42.5 Å². The smallest absolute Gasteiger partial charge is 0.323 e. The van der Waals surface area contributed by atoms with Gasteiger partial charge in [0.15, 0.2) is 5.41 Å². The number of carbonyl (C=O) groups is 2. The maximum absolute atomic E-state index is 11.7. The van der Waals surface area contributed by atoms with Crippen molar-refractivity contribution in [2.24, 2.45) is 5.41 Å². The highest BCUT2D eigenvalue weighted by atomic mass is 16.5. The fraction of sp³-hybridized carbons (Fsp3) is 0.294. The molecule has 0 heterocycles. The highest BCUT2D eigenvalue weighted by molar-refractivity contribution is 5.99. The van der Waals surface area contributed by atoms with Gasteiger partial charge in [0.05, 0.1) is 14.2 Å². The predicted molar refractivity (Wildman–Crippen MR) is 81.4 cm³/mol. The molecule has 0 bridgehead atoms. The molecular weight excluding hydrogens is 268 g/mol. The van der Waals surface area contributed by atoms with Crippen LogP contribution in [0.1, 0.15) is 18.9 Å². The summed E-state index contributed by atoms with van der Waals surface area (Å²) in [6.45, 7) is 1.51. The lowest BCUT2D eigenvalue weighted by molar-refractivity contribution is -0.167. The number of benzene rings is 1. The zero-order valence-electron chi connectivity index (χ0n) is 12.5. The van der Waals surface area contributed by atoms with Gasteiger partial charge in [0, 0.05) is 0 Å². The molecular formula is C17H20O4. The molecule has 1 aromatic rings. The number of allylic oxidation sites excluding steroid dienone is 3. The third-order valence-corrected chi connectivity index (χ3v) is 3.13. The molecule has 0 unspecified atom stereocenters. The van der Waals surface area contributed by atoms with Gasteiger partial charge in [0.1, 0.15) is 0 Å². The first-order valence-electron chi connectivity index (χ1n) is 6.59. The molecule has 0 aliphatic carbocycles. The van der Waals surface area contributed by atoms with Crippen LogP contribution in [0.3, 0.4) is 0 Å². The first kappa shape index (κ1) is 16.7. The van der Waals surface area contributed by atoms with Crippen molar-refractivity contribution >= 4 is 18.0 Å². The second kappa shape index (κ2) is 8.04. The van der Waals surface area contributed by atoms with E-state index < -0.39 is 17.4 Å². The topological polar surface area (TPSA) is 52.6 Å². The number of hydrogen-bond acceptors (Lipinski definition) is 4. The van der Waals surface area contributed by atoms with E-state index in [1.165, 1.54) is 21.1 Å². The number of ether oxygens (including phenoxy) is 2. The summed E-state index contributed by atoms with van der Waals surface area (Å²) in [6, 6.07) is 9.82. The highest BCUT2D eigenvalue weighted by Crippen LogP contribution is 2.25. The fourth-order valence-electron chi connectivity index (χ4n) is 1.81. The molecule has 0 atom stereocenters. The van der Waals surface area contributed by atoms with Gasteiger partial charge >= 0.3 is 11.9 Å². The molecule has 0 N–H and O–H groups in total. The molecule has 4 nitrogen and oxygen atoms in total. The quantitative estimate of drug-likeness (QED) is 0.459. The molecule has 0 aliphatic heterocycles. The van der Waals surface area contributed by atoms with Crippen LogP contribution in [-0.2, 0) is 19.1 Å². The van der Waals surface area contributed by atoms with Crippen LogP contribution in [0.15, 0.2) is 48.6 Å². The van der Waals surface area contributed by atoms with Crippen LogP contribution in [-0.4, -0.2) is 26.2 Å². The van der Waals surface area contributed by atoms with E-state index in [4.69, 9.17) is 0 Å². The number of esters is 2. The lowest BCUT2D eigenvalue weighted by Gasteiger charge is -2.21. The molecule has 0 aromatic heterocycles. The number of carbonyl (C=O) groups excluding carboxylic acids is 2. The van der Waals surface area contributed by atoms with Crippen molar-refractivity contribution in [2.75, 3.05) is 14.2 Å². The van der Waals surface area contributed by atoms with Crippen molar-refractivity contribution in [1.82, 2.24) is 0 Å². The average molecular weight is 288 g/mol. The predicted octanol–water partition coefficient (Wildman–Crippen LogP) is 3.00. The number of methoxy groups -OCH3 is 2. The molecule has 0 spiro atoms. The van der Waals surface area contributed by atoms with E-state index in [1.54, 1.807) is 12.2 Å². The fourth-order valence-corrected chi connectivity index (χ4v) is 1.81. The van der Waals surface area contributed by atoms with Crippen molar-refractivity contribution in [3.05, 3.63) is 54.1 Å². The zero-order chi connectivity index (χ0) is 15.7. The van der Waals surface area contributed by atoms with Crippen LogP contribution in [0.4, 0.5) is 0 Å². The van der Waals surface area contributed by atoms with E-state index in [0.717, 1.165) is 5.56 Å². The lowest BCUT2D eigenvalue weighted by Crippen LogP contribution is -2.38. The van der Waals surface area contributed by atoms with E-state index in [-0.39, 0.29) is 6.42 Å². The summed E-state index contributed by atoms with van der Waals surface area (Å²) in [4.78, 5) is 23.5. The van der Waals surface area contributed by atoms with Gasteiger partial charge in [0.25, 0.3) is 0 Å². The first-order chi connectivity index (χ1) is 10.0. The van der Waals surface area contributed by atoms with Gasteiger partial charge in [-0.2, -0.15) is 0 Å². The Hall–Kier alpha value is -2.36. The maximum Gasteiger partial charge on any atom is 0.323 e. The minimum Gasteiger partial charge on any atom is -0.468 e. The van der Waals surface area contributed by atoms with Crippen LogP contribution < -0.4 is 0 Å². The van der Waals surface area contributed by atoms with Gasteiger partial charge in [0.2, 0.25) is 0 Å². The second-order valence-corrected chi connectivity index (χ2v) is 4.72. The van der Waals surface area contributed by atoms with E-state index in [0.29, 0.717) is 0 Å². The zero-order valence-corrected chi connectivity index (χ0v) is 12.5. The molecule has 0 radical (unpaired) electrons. The molecule has 0 aliphatic rings. The van der Waals surface area contributed by atoms with Crippen molar-refractivity contribution in [2.45, 2.75) is 13.3 Å². The Morgan fingerprint density at radius 2 is 1.62 bits per heavy atom. The first-order valence-corrected chi connectivity index (χ1v) is 6.59. The molecule has 1 rings (SSSR count). The van der Waals surface area contributed by atoms with Gasteiger partial charge in [-0.3, -0.25) is 9.59 Å². The van der Waals surface area contributed by atoms with E-state index >= 15 is 0 Å². The molecule has 0 fully saturated rings. The minimum atomic E-state index is -1.32. The molecule has 1 aromatic carbocycles. The Labute approximate surface area is 125 Å². The molecule has 0 saturated carbocycles. The Morgan fingerprint density at radius 1 is 1.05 bits per heavy atom. The summed E-state index contributed by atoms with van der Waals surface area (Å²) in [5, 5.41) is 0. The summed E-state index contributed by atoms with van der Waals surface area (Å²) < 4.78 is 9.35. The van der Waals surface area contributed by atoms with Gasteiger partial charge in [-0.1, -0.05) is 54.6 Å². The van der Waals surface area contributed by atoms with Crippen LogP contribution in [0, 0.1) is 5.41 Å². The Balaban J connectivity index is 2.69. The summed E-state index contributed by atoms with van der Waals surface area (Å²) in [5.41, 5.74) is -0.244. The monoisotopic (exact) mass is 288 g/mol. The van der Waals surface area contributed by atoms with Crippen molar-refractivity contribution in [3.8, 4) is 0 Å². The lowest BCUT2D eigenvalue weighted by atomic mass is 9.86. The second-order valence-electron chi connectivity index (χ2n) is 4.72. The van der Waals surface area contributed by atoms with Crippen LogP contribution >= 0.6 is 0 Å². The maximum atomic E-state index is 11.7. The third kappa shape index (κ3) is 4.60. The normalized spacial score (nSPS) is 11.8. The summed E-state index contributed by atoms with van der Waals surface area (Å²) in [6.07, 6.45) is 7.53. The minimum absolute atomic E-state index is 0.214. The Bertz CT molecular complexity index is 513. The Kier molecular flexibility index (Phi) is 6.40. The van der Waals surface area contributed by atoms with Crippen LogP contribution in [0.2, 0.25) is 0 Å². The van der Waals surface area contributed by atoms with Crippen molar-refractivity contribution < 1.29 is 19.1 Å². The standard InChI is InChI=1S/C17H20O4/c1-17(15(18)20-2,16(19)21-3)13-9-5-8-12-14-10-6-4-7-11-14/h4-12H,13H2,1-3H3/b9-5-,12-8+. The molecule has 0 amide bonds. The van der Waals surface area contributed by atoms with Crippen molar-refractivity contribution in [3.63, 3.8) is 0 Å². The molecule has 21 heavy (non-hydrogen) atoms. The van der Waals surface area contributed by atoms with Gasteiger partial charge in [-0.05, 0) is 18.9 Å². The molecule has 112 valence electrons. The van der Waals surface area contributed by atoms with E-state index in [9.17, 15) is 9.59 Å². The highest BCUT2D eigenvalue weighted by Gasteiger charge is 2.42. The Morgan fingerprint density at radius 3 is 2.14 bits per heavy atom. The summed E-state index contributed by atoms with van der Waals surface area (Å²) >= 11 is 0. The van der Waals surface area contributed by atoms with Crippen molar-refractivity contribution in [1.29, 1.82) is 0 Å². The summed E-state index contributed by atoms with van der Waals surface area (Å²) in [5.74, 6) is -1.21. The van der Waals surface area contributed by atoms with E-state index in [2.05, 4.69) is 9.47 Å². The molecule has 4 heteroatoms. The molecule has 0 saturated heterocycles. The average Bonchev–Trinajstić information content (AvgIpc) is 2.53. The SMILES string of the molecule is COC(=O)C(C)(C/C=C\C=C\c1ccccc1)C(=O)OC. The largest absolute Gasteiger partial charge is 0.468 e. The number of hydrogen-bond donors (Lipinski definition) is 0. The summed E-state index contributed by atoms with van der Waals surface area (Å²) in [7, 11) is 2.51. The van der Waals surface area contributed by atoms with Gasteiger partial charge in [-0.15, -0.1) is 0 Å². The van der Waals surface area contributed by atoms with Crippen LogP contribution in [0.25, 0.3) is 6.08 Å². The number of rotatable bonds is 6. The van der Waals surface area contributed by atoms with Gasteiger partial charge in [-0.25, -0.2) is 0 Å². The third-order valence-electron chi connectivity index (χ3n) is 3.13. The van der Waals surface area contributed by atoms with Crippen LogP contribution in [0.5, 0.6) is 0 Å². The van der Waals surface area contributed by atoms with Gasteiger partial charge < -0.3 is 9.47 Å².